The molecule has 2 aromatic rings. The lowest BCUT2D eigenvalue weighted by Gasteiger charge is -2.34. The van der Waals surface area contributed by atoms with Crippen LogP contribution in [0.5, 0.6) is 5.75 Å². The van der Waals surface area contributed by atoms with Crippen molar-refractivity contribution in [2.24, 2.45) is 0 Å². The number of carbonyl (C=O) groups is 1. The van der Waals surface area contributed by atoms with Crippen molar-refractivity contribution in [3.8, 4) is 17.6 Å². The Labute approximate surface area is 161 Å². The highest BCUT2D eigenvalue weighted by Gasteiger charge is 2.39. The summed E-state index contributed by atoms with van der Waals surface area (Å²) < 4.78 is 46.2. The van der Waals surface area contributed by atoms with Gasteiger partial charge in [0, 0.05) is 5.56 Å². The molecule has 0 amide bonds. The van der Waals surface area contributed by atoms with Crippen LogP contribution in [0.3, 0.4) is 0 Å². The average Bonchev–Trinajstić information content (AvgIpc) is 2.67. The van der Waals surface area contributed by atoms with Gasteiger partial charge in [-0.3, -0.25) is 0 Å². The van der Waals surface area contributed by atoms with E-state index in [4.69, 9.17) is 9.84 Å². The van der Waals surface area contributed by atoms with Crippen molar-refractivity contribution in [1.82, 2.24) is 0 Å². The molecule has 6 heteroatoms. The van der Waals surface area contributed by atoms with Crippen LogP contribution in [-0.4, -0.2) is 16.7 Å². The fourth-order valence-electron chi connectivity index (χ4n) is 3.27. The Bertz CT molecular complexity index is 902. The lowest BCUT2D eigenvalue weighted by atomic mass is 9.84. The van der Waals surface area contributed by atoms with Crippen LogP contribution >= 0.6 is 0 Å². The van der Waals surface area contributed by atoms with Crippen LogP contribution in [0, 0.1) is 11.8 Å². The van der Waals surface area contributed by atoms with Crippen LogP contribution < -0.4 is 4.74 Å². The van der Waals surface area contributed by atoms with Gasteiger partial charge in [0.15, 0.2) is 5.60 Å². The maximum atomic E-state index is 13.4. The summed E-state index contributed by atoms with van der Waals surface area (Å²) >= 11 is 0. The average molecular weight is 388 g/mol. The molecule has 1 aliphatic rings. The molecule has 1 aliphatic carbocycles. The molecule has 0 aromatic heterocycles. The zero-order chi connectivity index (χ0) is 20.2. The standard InChI is InChI=1S/C22H19F3O3/c23-22(24,25)18-10-9-17(20(26)27)15-19(18)28-21(12-5-2-6-13-21)14-11-16-7-3-1-4-8-16/h1,3-4,7-10,15H,2,5-6,12-13H2,(H,26,27). The molecule has 0 radical (unpaired) electrons. The van der Waals surface area contributed by atoms with E-state index in [-0.39, 0.29) is 5.56 Å². The third-order valence-corrected chi connectivity index (χ3v) is 4.71. The quantitative estimate of drug-likeness (QED) is 0.703. The highest BCUT2D eigenvalue weighted by Crippen LogP contribution is 2.41. The topological polar surface area (TPSA) is 46.5 Å². The minimum atomic E-state index is -4.66. The number of rotatable bonds is 3. The number of ether oxygens (including phenoxy) is 1. The number of alkyl halides is 3. The van der Waals surface area contributed by atoms with E-state index in [1.54, 1.807) is 0 Å². The first-order valence-corrected chi connectivity index (χ1v) is 9.01. The molecule has 0 spiro atoms. The normalized spacial score (nSPS) is 16.0. The molecule has 146 valence electrons. The second-order valence-corrected chi connectivity index (χ2v) is 6.79. The Morgan fingerprint density at radius 3 is 2.32 bits per heavy atom. The van der Waals surface area contributed by atoms with Gasteiger partial charge in [-0.1, -0.05) is 36.5 Å². The summed E-state index contributed by atoms with van der Waals surface area (Å²) in [4.78, 5) is 11.2. The molecular formula is C22H19F3O3. The second kappa shape index (κ2) is 7.97. The maximum Gasteiger partial charge on any atom is 0.419 e. The molecule has 1 saturated carbocycles. The minimum absolute atomic E-state index is 0.259. The first kappa shape index (κ1) is 19.8. The number of benzene rings is 2. The van der Waals surface area contributed by atoms with Crippen molar-refractivity contribution < 1.29 is 27.8 Å². The van der Waals surface area contributed by atoms with Crippen LogP contribution in [0.4, 0.5) is 13.2 Å². The molecule has 3 rings (SSSR count). The molecule has 1 N–H and O–H groups in total. The molecule has 0 unspecified atom stereocenters. The monoisotopic (exact) mass is 388 g/mol. The van der Waals surface area contributed by atoms with Crippen molar-refractivity contribution in [3.05, 3.63) is 65.2 Å². The van der Waals surface area contributed by atoms with Crippen molar-refractivity contribution in [3.63, 3.8) is 0 Å². The van der Waals surface area contributed by atoms with Gasteiger partial charge in [-0.05, 0) is 56.0 Å². The van der Waals surface area contributed by atoms with Gasteiger partial charge in [0.25, 0.3) is 0 Å². The van der Waals surface area contributed by atoms with Crippen LogP contribution in [0.1, 0.15) is 53.6 Å². The highest BCUT2D eigenvalue weighted by atomic mass is 19.4. The van der Waals surface area contributed by atoms with Crippen LogP contribution in [0.15, 0.2) is 48.5 Å². The van der Waals surface area contributed by atoms with Gasteiger partial charge in [-0.15, -0.1) is 0 Å². The molecule has 0 bridgehead atoms. The summed E-state index contributed by atoms with van der Waals surface area (Å²) in [5.41, 5.74) is -1.59. The summed E-state index contributed by atoms with van der Waals surface area (Å²) in [5.74, 6) is 4.24. The number of hydrogen-bond acceptors (Lipinski definition) is 2. The predicted molar refractivity (Wildman–Crippen MR) is 98.2 cm³/mol. The minimum Gasteiger partial charge on any atom is -0.478 e. The first-order valence-electron chi connectivity index (χ1n) is 9.01. The van der Waals surface area contributed by atoms with Gasteiger partial charge in [-0.2, -0.15) is 13.2 Å². The van der Waals surface area contributed by atoms with Gasteiger partial charge in [0.2, 0.25) is 0 Å². The van der Waals surface area contributed by atoms with Gasteiger partial charge >= 0.3 is 12.1 Å². The molecule has 3 nitrogen and oxygen atoms in total. The van der Waals surface area contributed by atoms with Crippen LogP contribution in [0.25, 0.3) is 0 Å². The van der Waals surface area contributed by atoms with E-state index >= 15 is 0 Å². The largest absolute Gasteiger partial charge is 0.478 e. The zero-order valence-electron chi connectivity index (χ0n) is 15.1. The van der Waals surface area contributed by atoms with Gasteiger partial charge in [0.1, 0.15) is 5.75 Å². The van der Waals surface area contributed by atoms with E-state index in [1.807, 2.05) is 30.3 Å². The predicted octanol–water partition coefficient (Wildman–Crippen LogP) is 5.54. The van der Waals surface area contributed by atoms with Crippen LogP contribution in [-0.2, 0) is 6.18 Å². The third-order valence-electron chi connectivity index (χ3n) is 4.71. The molecule has 0 heterocycles. The Morgan fingerprint density at radius 2 is 1.71 bits per heavy atom. The van der Waals surface area contributed by atoms with E-state index < -0.39 is 29.1 Å². The molecule has 0 saturated heterocycles. The summed E-state index contributed by atoms with van der Waals surface area (Å²) in [6.45, 7) is 0. The Kier molecular flexibility index (Phi) is 5.64. The van der Waals surface area contributed by atoms with Gasteiger partial charge in [0.05, 0.1) is 11.1 Å². The van der Waals surface area contributed by atoms with E-state index in [9.17, 15) is 18.0 Å². The summed E-state index contributed by atoms with van der Waals surface area (Å²) in [5, 5.41) is 9.16. The molecule has 1 fully saturated rings. The Balaban J connectivity index is 2.03. The zero-order valence-corrected chi connectivity index (χ0v) is 15.1. The lowest BCUT2D eigenvalue weighted by Crippen LogP contribution is -2.37. The smallest absolute Gasteiger partial charge is 0.419 e. The maximum absolute atomic E-state index is 13.4. The van der Waals surface area contributed by atoms with E-state index in [1.165, 1.54) is 0 Å². The summed E-state index contributed by atoms with van der Waals surface area (Å²) in [6.07, 6.45) is -1.16. The van der Waals surface area contributed by atoms with Crippen molar-refractivity contribution >= 4 is 5.97 Å². The summed E-state index contributed by atoms with van der Waals surface area (Å²) in [7, 11) is 0. The molecule has 28 heavy (non-hydrogen) atoms. The summed E-state index contributed by atoms with van der Waals surface area (Å²) in [6, 6.07) is 11.8. The lowest BCUT2D eigenvalue weighted by molar-refractivity contribution is -0.139. The Morgan fingerprint density at radius 1 is 1.04 bits per heavy atom. The Hall–Kier alpha value is -2.94. The van der Waals surface area contributed by atoms with Crippen LogP contribution in [0.2, 0.25) is 0 Å². The van der Waals surface area contributed by atoms with Gasteiger partial charge < -0.3 is 9.84 Å². The van der Waals surface area contributed by atoms with Crippen molar-refractivity contribution in [2.75, 3.05) is 0 Å². The molecule has 0 atom stereocenters. The molecule has 0 aliphatic heterocycles. The van der Waals surface area contributed by atoms with E-state index in [0.29, 0.717) is 12.8 Å². The third kappa shape index (κ3) is 4.66. The SMILES string of the molecule is O=C(O)c1ccc(C(F)(F)F)c(OC2(C#Cc3ccccc3)CCCCC2)c1. The fraction of sp³-hybridized carbons (Fsp3) is 0.318. The van der Waals surface area contributed by atoms with E-state index in [2.05, 4.69) is 11.8 Å². The fourth-order valence-corrected chi connectivity index (χ4v) is 3.27. The molecular weight excluding hydrogens is 369 g/mol. The number of carboxylic acid groups (broad SMARTS) is 1. The van der Waals surface area contributed by atoms with Crippen molar-refractivity contribution in [1.29, 1.82) is 0 Å². The number of aromatic carboxylic acids is 1. The van der Waals surface area contributed by atoms with Crippen molar-refractivity contribution in [2.45, 2.75) is 43.9 Å². The van der Waals surface area contributed by atoms with Gasteiger partial charge in [-0.25, -0.2) is 4.79 Å². The second-order valence-electron chi connectivity index (χ2n) is 6.79. The highest BCUT2D eigenvalue weighted by molar-refractivity contribution is 5.88. The first-order chi connectivity index (χ1) is 13.3. The van der Waals surface area contributed by atoms with E-state index in [0.717, 1.165) is 43.0 Å². The number of carboxylic acids is 1. The molecule has 2 aromatic carbocycles. The number of hydrogen-bond donors (Lipinski definition) is 1. The number of halogens is 3.